The van der Waals surface area contributed by atoms with E-state index in [9.17, 15) is 0 Å². The second-order valence-corrected chi connectivity index (χ2v) is 11.8. The van der Waals surface area contributed by atoms with Crippen LogP contribution in [-0.2, 0) is 5.41 Å². The lowest BCUT2D eigenvalue weighted by atomic mass is 9.73. The van der Waals surface area contributed by atoms with Crippen molar-refractivity contribution in [2.75, 3.05) is 0 Å². The minimum absolute atomic E-state index is 0. The van der Waals surface area contributed by atoms with Crippen LogP contribution in [0.3, 0.4) is 0 Å². The van der Waals surface area contributed by atoms with Gasteiger partial charge in [0, 0.05) is 17.3 Å². The van der Waals surface area contributed by atoms with E-state index in [0.29, 0.717) is 11.8 Å². The maximum atomic E-state index is 3.96. The highest BCUT2D eigenvalue weighted by Gasteiger charge is 2.40. The Balaban J connectivity index is 0.000000224. The molecule has 5 aromatic carbocycles. The Morgan fingerprint density at radius 1 is 0.458 bits per heavy atom. The van der Waals surface area contributed by atoms with Crippen molar-refractivity contribution in [3.8, 4) is 33.4 Å². The van der Waals surface area contributed by atoms with Crippen LogP contribution in [0.15, 0.2) is 135 Å². The van der Waals surface area contributed by atoms with Gasteiger partial charge in [0.25, 0.3) is 0 Å². The van der Waals surface area contributed by atoms with E-state index in [1.165, 1.54) is 66.8 Å². The molecule has 0 N–H and O–H groups in total. The van der Waals surface area contributed by atoms with Gasteiger partial charge in [-0.25, -0.2) is 0 Å². The van der Waals surface area contributed by atoms with E-state index in [4.69, 9.17) is 0 Å². The number of fused-ring (bicyclic) bond motifs is 9. The van der Waals surface area contributed by atoms with E-state index in [2.05, 4.69) is 136 Å². The Morgan fingerprint density at radius 2 is 0.771 bits per heavy atom. The van der Waals surface area contributed by atoms with E-state index in [1.54, 1.807) is 0 Å². The molecule has 0 bridgehead atoms. The lowest BCUT2D eigenvalue weighted by Crippen LogP contribution is -2.23. The summed E-state index contributed by atoms with van der Waals surface area (Å²) in [7, 11) is 0. The zero-order chi connectivity index (χ0) is 34.1. The SMILES string of the molecule is C.C=CCC1(CC=C)c2ccccc2-c2ccccc21.CC.CC.CC.CC1c2ccccc2-c2cc3c(cc21)-c1ccccc1C3C. The number of rotatable bonds is 4. The van der Waals surface area contributed by atoms with Gasteiger partial charge in [0.2, 0.25) is 0 Å². The summed E-state index contributed by atoms with van der Waals surface area (Å²) in [6, 6.07) is 40.1. The van der Waals surface area contributed by atoms with Crippen LogP contribution in [-0.4, -0.2) is 0 Å². The molecule has 0 saturated carbocycles. The number of benzene rings is 5. The van der Waals surface area contributed by atoms with Gasteiger partial charge < -0.3 is 0 Å². The first kappa shape index (κ1) is 38.0. The molecule has 2 unspecified atom stereocenters. The Kier molecular flexibility index (Phi) is 13.6. The molecule has 0 spiro atoms. The topological polar surface area (TPSA) is 0 Å². The predicted molar refractivity (Wildman–Crippen MR) is 215 cm³/mol. The van der Waals surface area contributed by atoms with Gasteiger partial charge in [-0.05, 0) is 91.7 Å². The second kappa shape index (κ2) is 17.1. The van der Waals surface area contributed by atoms with E-state index >= 15 is 0 Å². The van der Waals surface area contributed by atoms with Crippen molar-refractivity contribution in [3.05, 3.63) is 168 Å². The standard InChI is InChI=1S/C22H18.C19H18.3C2H6.CH4/c1-13-15-7-3-5-9-17(15)21-12-20-14(2)16-8-4-6-10-18(16)22(20)11-19(13)21;1-3-13-19(14-4-2)17-11-7-5-9-15(17)16-10-6-8-12-18(16)19;3*1-2;/h3-14H,1-2H3;3-12H,1-2,13-14H2;3*1-2H3;1H4. The molecule has 0 aliphatic heterocycles. The van der Waals surface area contributed by atoms with Gasteiger partial charge in [-0.1, -0.05) is 172 Å². The van der Waals surface area contributed by atoms with Crippen molar-refractivity contribution >= 4 is 0 Å². The molecule has 0 saturated heterocycles. The molecule has 3 aliphatic rings. The Hall–Kier alpha value is -4.42. The van der Waals surface area contributed by atoms with Crippen molar-refractivity contribution in [1.29, 1.82) is 0 Å². The predicted octanol–water partition coefficient (Wildman–Crippen LogP) is 14.8. The van der Waals surface area contributed by atoms with Crippen LogP contribution < -0.4 is 0 Å². The first-order valence-electron chi connectivity index (χ1n) is 17.9. The van der Waals surface area contributed by atoms with Gasteiger partial charge in [-0.3, -0.25) is 0 Å². The minimum atomic E-state index is 0. The molecule has 48 heavy (non-hydrogen) atoms. The van der Waals surface area contributed by atoms with Gasteiger partial charge in [-0.15, -0.1) is 13.2 Å². The first-order chi connectivity index (χ1) is 23.1. The summed E-state index contributed by atoms with van der Waals surface area (Å²) in [6.45, 7) is 24.6. The van der Waals surface area contributed by atoms with Crippen molar-refractivity contribution in [2.24, 2.45) is 0 Å². The maximum Gasteiger partial charge on any atom is 0.0283 e. The van der Waals surface area contributed by atoms with Crippen LogP contribution >= 0.6 is 0 Å². The van der Waals surface area contributed by atoms with Crippen LogP contribution in [0.4, 0.5) is 0 Å². The largest absolute Gasteiger partial charge is 0.103 e. The van der Waals surface area contributed by atoms with Crippen LogP contribution in [0.1, 0.15) is 121 Å². The molecule has 0 aromatic heterocycles. The second-order valence-electron chi connectivity index (χ2n) is 11.8. The summed E-state index contributed by atoms with van der Waals surface area (Å²) in [5.41, 5.74) is 17.2. The van der Waals surface area contributed by atoms with E-state index in [-0.39, 0.29) is 12.8 Å². The van der Waals surface area contributed by atoms with Crippen LogP contribution in [0.2, 0.25) is 0 Å². The molecular formula is C48H58. The summed E-state index contributed by atoms with van der Waals surface area (Å²) in [5.74, 6) is 0.999. The summed E-state index contributed by atoms with van der Waals surface area (Å²) in [5, 5.41) is 0. The third kappa shape index (κ3) is 6.38. The Labute approximate surface area is 293 Å². The van der Waals surface area contributed by atoms with E-state index < -0.39 is 0 Å². The highest BCUT2D eigenvalue weighted by molar-refractivity contribution is 5.87. The average Bonchev–Trinajstić information content (AvgIpc) is 3.70. The molecule has 5 aromatic rings. The molecule has 0 fully saturated rings. The summed E-state index contributed by atoms with van der Waals surface area (Å²) >= 11 is 0. The van der Waals surface area contributed by atoms with Crippen molar-refractivity contribution in [1.82, 2.24) is 0 Å². The number of allylic oxidation sites excluding steroid dienone is 2. The molecule has 0 amide bonds. The molecule has 3 aliphatic carbocycles. The molecule has 0 heterocycles. The lowest BCUT2D eigenvalue weighted by Gasteiger charge is -2.30. The van der Waals surface area contributed by atoms with Gasteiger partial charge in [0.15, 0.2) is 0 Å². The van der Waals surface area contributed by atoms with Crippen LogP contribution in [0.25, 0.3) is 33.4 Å². The van der Waals surface area contributed by atoms with Crippen molar-refractivity contribution in [2.45, 2.75) is 92.9 Å². The fourth-order valence-electron chi connectivity index (χ4n) is 7.82. The first-order valence-corrected chi connectivity index (χ1v) is 17.9. The van der Waals surface area contributed by atoms with Crippen molar-refractivity contribution < 1.29 is 0 Å². The molecule has 250 valence electrons. The average molecular weight is 635 g/mol. The highest BCUT2D eigenvalue weighted by atomic mass is 14.4. The third-order valence-corrected chi connectivity index (χ3v) is 9.75. The Bertz CT molecular complexity index is 1680. The minimum Gasteiger partial charge on any atom is -0.103 e. The summed E-state index contributed by atoms with van der Waals surface area (Å²) < 4.78 is 0. The van der Waals surface area contributed by atoms with Crippen LogP contribution in [0.5, 0.6) is 0 Å². The zero-order valence-corrected chi connectivity index (χ0v) is 30.0. The molecular weight excluding hydrogens is 577 g/mol. The van der Waals surface area contributed by atoms with Gasteiger partial charge in [0.05, 0.1) is 0 Å². The number of hydrogen-bond acceptors (Lipinski definition) is 0. The highest BCUT2D eigenvalue weighted by Crippen LogP contribution is 2.53. The Morgan fingerprint density at radius 3 is 1.12 bits per heavy atom. The zero-order valence-electron chi connectivity index (χ0n) is 30.0. The van der Waals surface area contributed by atoms with Crippen LogP contribution in [0, 0.1) is 0 Å². The summed E-state index contributed by atoms with van der Waals surface area (Å²) in [6.07, 6.45) is 5.96. The monoisotopic (exact) mass is 634 g/mol. The molecule has 0 radical (unpaired) electrons. The van der Waals surface area contributed by atoms with Gasteiger partial charge >= 0.3 is 0 Å². The molecule has 2 atom stereocenters. The normalized spacial score (nSPS) is 15.4. The quantitative estimate of drug-likeness (QED) is 0.173. The number of hydrogen-bond donors (Lipinski definition) is 0. The van der Waals surface area contributed by atoms with E-state index in [1.807, 2.05) is 53.7 Å². The summed E-state index contributed by atoms with van der Waals surface area (Å²) in [4.78, 5) is 0. The lowest BCUT2D eigenvalue weighted by molar-refractivity contribution is 0.543. The van der Waals surface area contributed by atoms with Gasteiger partial charge in [-0.2, -0.15) is 0 Å². The maximum absolute atomic E-state index is 3.96. The smallest absolute Gasteiger partial charge is 0.0283 e. The van der Waals surface area contributed by atoms with Gasteiger partial charge in [0.1, 0.15) is 0 Å². The molecule has 0 heteroatoms. The van der Waals surface area contributed by atoms with Crippen molar-refractivity contribution in [3.63, 3.8) is 0 Å². The molecule has 0 nitrogen and oxygen atoms in total. The molecule has 8 rings (SSSR count). The fraction of sp³-hybridized carbons (Fsp3) is 0.292. The third-order valence-electron chi connectivity index (χ3n) is 9.75. The van der Waals surface area contributed by atoms with E-state index in [0.717, 1.165) is 12.8 Å². The fourth-order valence-corrected chi connectivity index (χ4v) is 7.82.